The van der Waals surface area contributed by atoms with Crippen molar-refractivity contribution in [1.82, 2.24) is 10.2 Å². The predicted octanol–water partition coefficient (Wildman–Crippen LogP) is 5.75. The van der Waals surface area contributed by atoms with E-state index in [9.17, 15) is 9.59 Å². The van der Waals surface area contributed by atoms with E-state index in [2.05, 4.69) is 22.5 Å². The number of carbonyl (C=O) groups is 2. The third-order valence-electron chi connectivity index (χ3n) is 7.17. The fourth-order valence-electron chi connectivity index (χ4n) is 5.22. The van der Waals surface area contributed by atoms with Crippen molar-refractivity contribution in [1.29, 1.82) is 0 Å². The van der Waals surface area contributed by atoms with Crippen molar-refractivity contribution in [2.45, 2.75) is 33.0 Å². The van der Waals surface area contributed by atoms with Gasteiger partial charge in [0.05, 0.1) is 17.7 Å². The smallest absolute Gasteiger partial charge is 0.344 e. The number of esters is 1. The lowest BCUT2D eigenvalue weighted by molar-refractivity contribution is 0.0730. The first kappa shape index (κ1) is 24.5. The Labute approximate surface area is 225 Å². The number of rotatable bonds is 6. The molecule has 6 rings (SSSR count). The van der Waals surface area contributed by atoms with E-state index >= 15 is 0 Å². The summed E-state index contributed by atoms with van der Waals surface area (Å²) in [6, 6.07) is 18.7. The average molecular weight is 528 g/mol. The lowest BCUT2D eigenvalue weighted by Crippen LogP contribution is -2.38. The van der Waals surface area contributed by atoms with Crippen LogP contribution in [0.15, 0.2) is 60.7 Å². The molecular formula is C30H29N3O4S. The molecule has 1 amide bonds. The van der Waals surface area contributed by atoms with Crippen molar-refractivity contribution >= 4 is 39.0 Å². The third-order valence-corrected chi connectivity index (χ3v) is 8.32. The van der Waals surface area contributed by atoms with Crippen molar-refractivity contribution in [3.05, 3.63) is 87.8 Å². The van der Waals surface area contributed by atoms with E-state index < -0.39 is 12.1 Å². The number of likely N-dealkylation sites (N-methyl/N-ethyl adjacent to an activating group) is 1. The minimum Gasteiger partial charge on any atom is -0.490 e. The fourth-order valence-corrected chi connectivity index (χ4v) is 6.54. The van der Waals surface area contributed by atoms with Crippen LogP contribution in [0.1, 0.15) is 56.7 Å². The Kier molecular flexibility index (Phi) is 6.51. The number of nitrogens with one attached hydrogen (secondary N) is 2. The lowest BCUT2D eigenvalue weighted by atomic mass is 10.0. The Morgan fingerprint density at radius 1 is 1.05 bits per heavy atom. The largest absolute Gasteiger partial charge is 0.490 e. The van der Waals surface area contributed by atoms with Gasteiger partial charge in [-0.2, -0.15) is 0 Å². The number of carbonyl (C=O) groups excluding carboxylic acids is 2. The molecule has 4 aromatic rings. The topological polar surface area (TPSA) is 79.9 Å². The molecule has 0 saturated carbocycles. The van der Waals surface area contributed by atoms with Crippen LogP contribution in [-0.4, -0.2) is 36.5 Å². The highest BCUT2D eigenvalue weighted by molar-refractivity contribution is 7.16. The molecule has 0 bridgehead atoms. The maximum Gasteiger partial charge on any atom is 0.344 e. The first-order chi connectivity index (χ1) is 18.6. The summed E-state index contributed by atoms with van der Waals surface area (Å²) in [7, 11) is 0. The van der Waals surface area contributed by atoms with Crippen molar-refractivity contribution in [2.75, 3.05) is 25.0 Å². The van der Waals surface area contributed by atoms with E-state index in [0.717, 1.165) is 53.0 Å². The predicted molar refractivity (Wildman–Crippen MR) is 149 cm³/mol. The van der Waals surface area contributed by atoms with Crippen LogP contribution in [-0.2, 0) is 13.0 Å². The van der Waals surface area contributed by atoms with Crippen LogP contribution < -0.4 is 20.1 Å². The molecule has 0 aliphatic carbocycles. The summed E-state index contributed by atoms with van der Waals surface area (Å²) in [5.41, 5.74) is 3.26. The van der Waals surface area contributed by atoms with E-state index in [1.54, 1.807) is 23.5 Å². The molecule has 38 heavy (non-hydrogen) atoms. The van der Waals surface area contributed by atoms with Crippen LogP contribution in [0.3, 0.4) is 0 Å². The normalized spacial score (nSPS) is 16.8. The van der Waals surface area contributed by atoms with Crippen LogP contribution >= 0.6 is 11.3 Å². The van der Waals surface area contributed by atoms with Crippen LogP contribution in [0, 0.1) is 0 Å². The molecule has 2 N–H and O–H groups in total. The summed E-state index contributed by atoms with van der Waals surface area (Å²) in [6.45, 7) is 7.31. The Morgan fingerprint density at radius 3 is 2.74 bits per heavy atom. The fraction of sp³-hybridized carbons (Fsp3) is 0.267. The Morgan fingerprint density at radius 2 is 1.89 bits per heavy atom. The van der Waals surface area contributed by atoms with Crippen molar-refractivity contribution in [3.8, 4) is 11.5 Å². The molecule has 0 radical (unpaired) electrons. The summed E-state index contributed by atoms with van der Waals surface area (Å²) < 4.78 is 11.7. The lowest BCUT2D eigenvalue weighted by Gasteiger charge is -2.28. The van der Waals surface area contributed by atoms with E-state index in [-0.39, 0.29) is 5.91 Å². The quantitative estimate of drug-likeness (QED) is 0.246. The highest BCUT2D eigenvalue weighted by Gasteiger charge is 2.33. The van der Waals surface area contributed by atoms with Gasteiger partial charge in [-0.05, 0) is 60.0 Å². The van der Waals surface area contributed by atoms with E-state index in [0.29, 0.717) is 23.7 Å². The molecule has 3 aromatic carbocycles. The minimum absolute atomic E-state index is 0.0596. The molecule has 1 aromatic heterocycles. The van der Waals surface area contributed by atoms with Gasteiger partial charge in [0.15, 0.2) is 11.5 Å². The zero-order valence-electron chi connectivity index (χ0n) is 21.4. The zero-order chi connectivity index (χ0) is 26.2. The van der Waals surface area contributed by atoms with Gasteiger partial charge in [-0.15, -0.1) is 11.3 Å². The van der Waals surface area contributed by atoms with E-state index in [1.807, 2.05) is 55.5 Å². The number of fused-ring (bicyclic) bond motifs is 4. The van der Waals surface area contributed by atoms with E-state index in [1.165, 1.54) is 10.4 Å². The van der Waals surface area contributed by atoms with Crippen LogP contribution in [0.2, 0.25) is 0 Å². The van der Waals surface area contributed by atoms with Crippen LogP contribution in [0.4, 0.5) is 5.00 Å². The molecule has 7 nitrogen and oxygen atoms in total. The van der Waals surface area contributed by atoms with Gasteiger partial charge in [0, 0.05) is 18.0 Å². The second kappa shape index (κ2) is 10.1. The van der Waals surface area contributed by atoms with E-state index in [4.69, 9.17) is 9.47 Å². The summed E-state index contributed by atoms with van der Waals surface area (Å²) in [5, 5.41) is 9.33. The Balaban J connectivity index is 1.26. The van der Waals surface area contributed by atoms with Gasteiger partial charge >= 0.3 is 5.97 Å². The third kappa shape index (κ3) is 4.40. The van der Waals surface area contributed by atoms with Gasteiger partial charge in [-0.3, -0.25) is 9.69 Å². The van der Waals surface area contributed by atoms with Gasteiger partial charge in [0.2, 0.25) is 0 Å². The van der Waals surface area contributed by atoms with Crippen molar-refractivity contribution in [3.63, 3.8) is 0 Å². The standard InChI is InChI=1S/C30H29N3O4S/c1-3-33-15-14-22-25(17-33)38-29-26(22)28(34)31-27(32-29)19-12-13-23(24(16-19)36-4-2)37-30(35)21-11-7-9-18-8-5-6-10-20(18)21/h5-13,16,27,32H,3-4,14-15,17H2,1-2H3,(H,31,34)/t27-/m1/s1. The van der Waals surface area contributed by atoms with Gasteiger partial charge in [0.25, 0.3) is 5.91 Å². The van der Waals surface area contributed by atoms with Crippen molar-refractivity contribution in [2.24, 2.45) is 0 Å². The van der Waals surface area contributed by atoms with Gasteiger partial charge in [0.1, 0.15) is 11.2 Å². The number of thiophene rings is 1. The molecule has 0 saturated heterocycles. The molecule has 2 aliphatic heterocycles. The van der Waals surface area contributed by atoms with Gasteiger partial charge in [-0.1, -0.05) is 49.4 Å². The summed E-state index contributed by atoms with van der Waals surface area (Å²) in [5.74, 6) is 0.275. The Hall–Kier alpha value is -3.88. The SMILES string of the molecule is CCOc1cc([C@@H]2NC(=O)c3c(sc4c3CCN(CC)C4)N2)ccc1OC(=O)c1cccc2ccccc12. The summed E-state index contributed by atoms with van der Waals surface area (Å²) in [4.78, 5) is 30.0. The number of hydrogen-bond acceptors (Lipinski definition) is 7. The number of amides is 1. The molecule has 194 valence electrons. The second-order valence-electron chi connectivity index (χ2n) is 9.43. The number of benzene rings is 3. The number of anilines is 1. The molecule has 0 fully saturated rings. The maximum absolute atomic E-state index is 13.2. The van der Waals surface area contributed by atoms with Crippen LogP contribution in [0.5, 0.6) is 11.5 Å². The molecule has 8 heteroatoms. The summed E-state index contributed by atoms with van der Waals surface area (Å²) in [6.07, 6.45) is 0.472. The molecule has 1 atom stereocenters. The first-order valence-corrected chi connectivity index (χ1v) is 13.8. The van der Waals surface area contributed by atoms with Crippen LogP contribution in [0.25, 0.3) is 10.8 Å². The monoisotopic (exact) mass is 527 g/mol. The highest BCUT2D eigenvalue weighted by Crippen LogP contribution is 2.41. The molecule has 2 aliphatic rings. The maximum atomic E-state index is 13.2. The molecule has 3 heterocycles. The number of nitrogens with zero attached hydrogens (tertiary/aromatic N) is 1. The highest BCUT2D eigenvalue weighted by atomic mass is 32.1. The van der Waals surface area contributed by atoms with Gasteiger partial charge in [-0.25, -0.2) is 4.79 Å². The summed E-state index contributed by atoms with van der Waals surface area (Å²) >= 11 is 1.67. The molecular weight excluding hydrogens is 498 g/mol. The number of hydrogen-bond donors (Lipinski definition) is 2. The molecule has 0 unspecified atom stereocenters. The Bertz CT molecular complexity index is 1540. The second-order valence-corrected chi connectivity index (χ2v) is 10.5. The van der Waals surface area contributed by atoms with Gasteiger partial charge < -0.3 is 20.1 Å². The minimum atomic E-state index is -0.450. The zero-order valence-corrected chi connectivity index (χ0v) is 22.2. The number of ether oxygens (including phenoxy) is 2. The average Bonchev–Trinajstić information content (AvgIpc) is 3.31. The van der Waals surface area contributed by atoms with Crippen molar-refractivity contribution < 1.29 is 19.1 Å². The molecule has 0 spiro atoms. The first-order valence-electron chi connectivity index (χ1n) is 13.0.